The maximum absolute atomic E-state index is 11.7. The van der Waals surface area contributed by atoms with E-state index in [1.807, 2.05) is 0 Å². The quantitative estimate of drug-likeness (QED) is 0.579. The number of carbonyl (C=O) groups excluding carboxylic acids is 1. The molecule has 112 valence electrons. The first-order valence-corrected chi connectivity index (χ1v) is 6.89. The molecule has 1 fully saturated rings. The van der Waals surface area contributed by atoms with Crippen molar-refractivity contribution in [2.45, 2.75) is 58.6 Å². The van der Waals surface area contributed by atoms with Gasteiger partial charge in [-0.05, 0) is 30.6 Å². The second kappa shape index (κ2) is 6.65. The van der Waals surface area contributed by atoms with Gasteiger partial charge in [0.2, 0.25) is 0 Å². The number of hydrogen-bond acceptors (Lipinski definition) is 3. The predicted molar refractivity (Wildman–Crippen MR) is 75.1 cm³/mol. The number of carboxylic acids is 1. The molecule has 0 bridgehead atoms. The minimum atomic E-state index is -1.06. The Kier molecular flexibility index (Phi) is 5.43. The van der Waals surface area contributed by atoms with Crippen LogP contribution in [0.3, 0.4) is 0 Å². The maximum Gasteiger partial charge on any atom is 0.408 e. The molecule has 3 atom stereocenters. The van der Waals surface area contributed by atoms with E-state index in [4.69, 9.17) is 16.3 Å². The lowest BCUT2D eigenvalue weighted by Crippen LogP contribution is -2.49. The number of terminal acetylenes is 1. The largest absolute Gasteiger partial charge is 0.480 e. The van der Waals surface area contributed by atoms with Gasteiger partial charge < -0.3 is 15.2 Å². The molecule has 5 nitrogen and oxygen atoms in total. The van der Waals surface area contributed by atoms with E-state index in [1.54, 1.807) is 20.8 Å². The lowest BCUT2D eigenvalue weighted by molar-refractivity contribution is -0.142. The number of carboxylic acid groups (broad SMARTS) is 1. The first-order chi connectivity index (χ1) is 9.25. The summed E-state index contributed by atoms with van der Waals surface area (Å²) in [5, 5.41) is 11.5. The Hall–Kier alpha value is -1.70. The van der Waals surface area contributed by atoms with E-state index >= 15 is 0 Å². The van der Waals surface area contributed by atoms with Crippen molar-refractivity contribution in [2.24, 2.45) is 11.3 Å². The standard InChI is InChI=1S/C15H23NO4/c1-5-6-7-8-10-9-11(10)20-14(19)16-12(13(17)18)15(2,3)4/h1,10-12H,6-9H2,2-4H3,(H,16,19)(H,17,18). The zero-order valence-corrected chi connectivity index (χ0v) is 12.3. The summed E-state index contributed by atoms with van der Waals surface area (Å²) in [4.78, 5) is 22.8. The lowest BCUT2D eigenvalue weighted by atomic mass is 9.87. The SMILES string of the molecule is C#CCCCC1CC1OC(=O)NC(C(=O)O)C(C)(C)C. The first-order valence-electron chi connectivity index (χ1n) is 6.89. The Morgan fingerprint density at radius 1 is 1.50 bits per heavy atom. The van der Waals surface area contributed by atoms with Crippen molar-refractivity contribution in [1.29, 1.82) is 0 Å². The van der Waals surface area contributed by atoms with E-state index < -0.39 is 23.5 Å². The van der Waals surface area contributed by atoms with E-state index in [9.17, 15) is 9.59 Å². The molecule has 1 aliphatic rings. The maximum atomic E-state index is 11.7. The fraction of sp³-hybridized carbons (Fsp3) is 0.733. The molecular weight excluding hydrogens is 258 g/mol. The van der Waals surface area contributed by atoms with E-state index in [0.29, 0.717) is 5.92 Å². The molecule has 1 rings (SSSR count). The third-order valence-electron chi connectivity index (χ3n) is 3.39. The Labute approximate surface area is 120 Å². The van der Waals surface area contributed by atoms with Crippen molar-refractivity contribution < 1.29 is 19.4 Å². The number of nitrogens with one attached hydrogen (secondary N) is 1. The van der Waals surface area contributed by atoms with Gasteiger partial charge in [-0.3, -0.25) is 0 Å². The lowest BCUT2D eigenvalue weighted by Gasteiger charge is -2.27. The fourth-order valence-electron chi connectivity index (χ4n) is 2.07. The topological polar surface area (TPSA) is 75.6 Å². The molecule has 0 aliphatic heterocycles. The normalized spacial score (nSPS) is 22.5. The number of alkyl carbamates (subject to hydrolysis) is 1. The van der Waals surface area contributed by atoms with Crippen molar-refractivity contribution in [3.05, 3.63) is 0 Å². The molecule has 2 N–H and O–H groups in total. The summed E-state index contributed by atoms with van der Waals surface area (Å²) in [5.74, 6) is 1.88. The second-order valence-electron chi connectivity index (χ2n) is 6.32. The van der Waals surface area contributed by atoms with Crippen LogP contribution < -0.4 is 5.32 Å². The van der Waals surface area contributed by atoms with Crippen molar-refractivity contribution in [3.63, 3.8) is 0 Å². The van der Waals surface area contributed by atoms with E-state index in [1.165, 1.54) is 0 Å². The smallest absolute Gasteiger partial charge is 0.408 e. The summed E-state index contributed by atoms with van der Waals surface area (Å²) < 4.78 is 5.22. The number of aliphatic carboxylic acids is 1. The van der Waals surface area contributed by atoms with Crippen LogP contribution in [0.25, 0.3) is 0 Å². The highest BCUT2D eigenvalue weighted by Gasteiger charge is 2.41. The minimum absolute atomic E-state index is 0.0952. The van der Waals surface area contributed by atoms with Crippen LogP contribution in [0, 0.1) is 23.7 Å². The Balaban J connectivity index is 2.34. The fourth-order valence-corrected chi connectivity index (χ4v) is 2.07. The van der Waals surface area contributed by atoms with E-state index in [0.717, 1.165) is 25.7 Å². The molecule has 20 heavy (non-hydrogen) atoms. The van der Waals surface area contributed by atoms with Crippen LogP contribution in [-0.2, 0) is 9.53 Å². The van der Waals surface area contributed by atoms with Crippen molar-refractivity contribution >= 4 is 12.1 Å². The number of carbonyl (C=O) groups is 2. The Bertz CT molecular complexity index is 405. The van der Waals surface area contributed by atoms with Gasteiger partial charge in [-0.25, -0.2) is 9.59 Å². The predicted octanol–water partition coefficient (Wildman–Crippen LogP) is 2.40. The van der Waals surface area contributed by atoms with Gasteiger partial charge >= 0.3 is 12.1 Å². The molecule has 0 aromatic carbocycles. The molecule has 0 heterocycles. The number of amides is 1. The summed E-state index contributed by atoms with van der Waals surface area (Å²) in [6.07, 6.45) is 7.88. The van der Waals surface area contributed by atoms with Gasteiger partial charge in [-0.2, -0.15) is 0 Å². The minimum Gasteiger partial charge on any atom is -0.480 e. The van der Waals surface area contributed by atoms with Gasteiger partial charge in [-0.1, -0.05) is 20.8 Å². The average molecular weight is 281 g/mol. The van der Waals surface area contributed by atoms with E-state index in [2.05, 4.69) is 11.2 Å². The Morgan fingerprint density at radius 3 is 2.65 bits per heavy atom. The molecule has 0 aromatic rings. The number of unbranched alkanes of at least 4 members (excludes halogenated alkanes) is 1. The van der Waals surface area contributed by atoms with Gasteiger partial charge in [-0.15, -0.1) is 12.3 Å². The highest BCUT2D eigenvalue weighted by Crippen LogP contribution is 2.38. The number of hydrogen-bond donors (Lipinski definition) is 2. The van der Waals surface area contributed by atoms with Crippen LogP contribution in [0.15, 0.2) is 0 Å². The molecule has 1 amide bonds. The zero-order chi connectivity index (χ0) is 15.3. The summed E-state index contributed by atoms with van der Waals surface area (Å²) in [6, 6.07) is -0.964. The molecule has 1 aliphatic carbocycles. The molecule has 0 saturated heterocycles. The third kappa shape index (κ3) is 5.12. The molecule has 5 heteroatoms. The average Bonchev–Trinajstić information content (AvgIpc) is 3.03. The summed E-state index contributed by atoms with van der Waals surface area (Å²) in [5.41, 5.74) is -0.569. The van der Waals surface area contributed by atoms with Gasteiger partial charge in [0, 0.05) is 6.42 Å². The van der Waals surface area contributed by atoms with Crippen LogP contribution in [0.5, 0.6) is 0 Å². The summed E-state index contributed by atoms with van der Waals surface area (Å²) in [6.45, 7) is 5.27. The number of ether oxygens (including phenoxy) is 1. The first kappa shape index (κ1) is 16.4. The van der Waals surface area contributed by atoms with E-state index in [-0.39, 0.29) is 6.10 Å². The van der Waals surface area contributed by atoms with Crippen LogP contribution in [0.1, 0.15) is 46.5 Å². The Morgan fingerprint density at radius 2 is 2.15 bits per heavy atom. The van der Waals surface area contributed by atoms with Gasteiger partial charge in [0.25, 0.3) is 0 Å². The van der Waals surface area contributed by atoms with Gasteiger partial charge in [0.15, 0.2) is 0 Å². The van der Waals surface area contributed by atoms with Gasteiger partial charge in [0.1, 0.15) is 12.1 Å². The van der Waals surface area contributed by atoms with Crippen molar-refractivity contribution in [1.82, 2.24) is 5.32 Å². The summed E-state index contributed by atoms with van der Waals surface area (Å²) in [7, 11) is 0. The third-order valence-corrected chi connectivity index (χ3v) is 3.39. The molecule has 0 spiro atoms. The molecular formula is C15H23NO4. The van der Waals surface area contributed by atoms with Gasteiger partial charge in [0.05, 0.1) is 0 Å². The van der Waals surface area contributed by atoms with Crippen LogP contribution in [0.4, 0.5) is 4.79 Å². The van der Waals surface area contributed by atoms with Crippen LogP contribution in [0.2, 0.25) is 0 Å². The van der Waals surface area contributed by atoms with Crippen molar-refractivity contribution in [3.8, 4) is 12.3 Å². The van der Waals surface area contributed by atoms with Crippen LogP contribution >= 0.6 is 0 Å². The molecule has 0 aromatic heterocycles. The highest BCUT2D eigenvalue weighted by molar-refractivity contribution is 5.80. The molecule has 3 unspecified atom stereocenters. The summed E-state index contributed by atoms with van der Waals surface area (Å²) >= 11 is 0. The second-order valence-corrected chi connectivity index (χ2v) is 6.32. The highest BCUT2D eigenvalue weighted by atomic mass is 16.6. The number of rotatable bonds is 6. The monoisotopic (exact) mass is 281 g/mol. The molecule has 0 radical (unpaired) electrons. The zero-order valence-electron chi connectivity index (χ0n) is 12.3. The van der Waals surface area contributed by atoms with Crippen LogP contribution in [-0.4, -0.2) is 29.3 Å². The molecule has 1 saturated carbocycles. The van der Waals surface area contributed by atoms with Crippen molar-refractivity contribution in [2.75, 3.05) is 0 Å².